The summed E-state index contributed by atoms with van der Waals surface area (Å²) >= 11 is 0. The minimum absolute atomic E-state index is 0.148. The molecule has 4 heteroatoms. The van der Waals surface area contributed by atoms with Gasteiger partial charge in [-0.25, -0.2) is 0 Å². The molecule has 0 aliphatic carbocycles. The molecule has 1 aliphatic rings. The summed E-state index contributed by atoms with van der Waals surface area (Å²) in [5, 5.41) is 12.5. The smallest absolute Gasteiger partial charge is 0.161 e. The first-order valence-corrected chi connectivity index (χ1v) is 4.47. The SMILES string of the molecule is COc1cc(C2=NCCN2)ccc1O. The number of rotatable bonds is 2. The number of methoxy groups -OCH3 is 1. The van der Waals surface area contributed by atoms with Crippen molar-refractivity contribution in [2.45, 2.75) is 0 Å². The molecule has 1 aromatic rings. The normalized spacial score (nSPS) is 14.8. The molecule has 0 atom stereocenters. The van der Waals surface area contributed by atoms with Crippen molar-refractivity contribution < 1.29 is 9.84 Å². The van der Waals surface area contributed by atoms with Crippen molar-refractivity contribution in [2.24, 2.45) is 4.99 Å². The average Bonchev–Trinajstić information content (AvgIpc) is 2.71. The predicted molar refractivity (Wildman–Crippen MR) is 54.1 cm³/mol. The van der Waals surface area contributed by atoms with Crippen LogP contribution >= 0.6 is 0 Å². The molecule has 1 heterocycles. The third-order valence-corrected chi connectivity index (χ3v) is 2.13. The molecule has 0 fully saturated rings. The molecule has 4 nitrogen and oxygen atoms in total. The van der Waals surface area contributed by atoms with E-state index in [4.69, 9.17) is 4.74 Å². The molecule has 0 radical (unpaired) electrons. The second-order valence-electron chi connectivity index (χ2n) is 3.04. The maximum Gasteiger partial charge on any atom is 0.161 e. The quantitative estimate of drug-likeness (QED) is 0.727. The first-order valence-electron chi connectivity index (χ1n) is 4.47. The molecule has 0 bridgehead atoms. The second kappa shape index (κ2) is 3.57. The van der Waals surface area contributed by atoms with Crippen LogP contribution in [0, 0.1) is 0 Å². The van der Waals surface area contributed by atoms with Crippen molar-refractivity contribution in [2.75, 3.05) is 20.2 Å². The molecule has 0 aromatic heterocycles. The zero-order valence-corrected chi connectivity index (χ0v) is 7.95. The van der Waals surface area contributed by atoms with Gasteiger partial charge in [0.1, 0.15) is 5.84 Å². The summed E-state index contributed by atoms with van der Waals surface area (Å²) in [6.07, 6.45) is 0. The fourth-order valence-corrected chi connectivity index (χ4v) is 1.42. The Kier molecular flexibility index (Phi) is 2.26. The van der Waals surface area contributed by atoms with Crippen LogP contribution in [0.3, 0.4) is 0 Å². The molecule has 0 spiro atoms. The Balaban J connectivity index is 2.35. The monoisotopic (exact) mass is 192 g/mol. The van der Waals surface area contributed by atoms with E-state index in [2.05, 4.69) is 10.3 Å². The van der Waals surface area contributed by atoms with Crippen LogP contribution in [0.2, 0.25) is 0 Å². The fraction of sp³-hybridized carbons (Fsp3) is 0.300. The predicted octanol–water partition coefficient (Wildman–Crippen LogP) is 0.751. The Hall–Kier alpha value is -1.71. The number of hydrogen-bond acceptors (Lipinski definition) is 4. The highest BCUT2D eigenvalue weighted by molar-refractivity contribution is 6.00. The van der Waals surface area contributed by atoms with Crippen LogP contribution in [0.5, 0.6) is 11.5 Å². The van der Waals surface area contributed by atoms with Gasteiger partial charge in [-0.1, -0.05) is 0 Å². The number of nitrogens with zero attached hydrogens (tertiary/aromatic N) is 1. The first-order chi connectivity index (χ1) is 6.81. The zero-order chi connectivity index (χ0) is 9.97. The molecule has 1 aromatic carbocycles. The lowest BCUT2D eigenvalue weighted by molar-refractivity contribution is 0.373. The van der Waals surface area contributed by atoms with E-state index < -0.39 is 0 Å². The van der Waals surface area contributed by atoms with Crippen LogP contribution in [0.1, 0.15) is 5.56 Å². The van der Waals surface area contributed by atoms with E-state index in [9.17, 15) is 5.11 Å². The minimum Gasteiger partial charge on any atom is -0.504 e. The minimum atomic E-state index is 0.148. The molecule has 2 N–H and O–H groups in total. The number of benzene rings is 1. The van der Waals surface area contributed by atoms with Gasteiger partial charge in [0.15, 0.2) is 11.5 Å². The van der Waals surface area contributed by atoms with Gasteiger partial charge in [0.2, 0.25) is 0 Å². The third kappa shape index (κ3) is 1.51. The summed E-state index contributed by atoms with van der Waals surface area (Å²) in [4.78, 5) is 4.28. The van der Waals surface area contributed by atoms with Gasteiger partial charge < -0.3 is 15.2 Å². The Morgan fingerprint density at radius 3 is 3.00 bits per heavy atom. The van der Waals surface area contributed by atoms with Gasteiger partial charge >= 0.3 is 0 Å². The summed E-state index contributed by atoms with van der Waals surface area (Å²) < 4.78 is 5.01. The van der Waals surface area contributed by atoms with E-state index in [0.717, 1.165) is 24.5 Å². The lowest BCUT2D eigenvalue weighted by Crippen LogP contribution is -2.19. The van der Waals surface area contributed by atoms with E-state index in [1.165, 1.54) is 7.11 Å². The van der Waals surface area contributed by atoms with Crippen molar-refractivity contribution in [1.82, 2.24) is 5.32 Å². The van der Waals surface area contributed by atoms with Crippen molar-refractivity contribution in [3.63, 3.8) is 0 Å². The molecule has 0 amide bonds. The maximum absolute atomic E-state index is 9.39. The van der Waals surface area contributed by atoms with Crippen LogP contribution in [0.4, 0.5) is 0 Å². The van der Waals surface area contributed by atoms with Crippen LogP contribution < -0.4 is 10.1 Å². The van der Waals surface area contributed by atoms with E-state index in [1.807, 2.05) is 6.07 Å². The Labute approximate surface area is 82.2 Å². The van der Waals surface area contributed by atoms with Crippen LogP contribution in [-0.4, -0.2) is 31.1 Å². The van der Waals surface area contributed by atoms with Gasteiger partial charge in [-0.05, 0) is 18.2 Å². The topological polar surface area (TPSA) is 53.8 Å². The molecule has 0 saturated carbocycles. The van der Waals surface area contributed by atoms with E-state index in [0.29, 0.717) is 5.75 Å². The number of amidine groups is 1. The van der Waals surface area contributed by atoms with Gasteiger partial charge in [0, 0.05) is 12.1 Å². The third-order valence-electron chi connectivity index (χ3n) is 2.13. The number of hydrogen-bond donors (Lipinski definition) is 2. The van der Waals surface area contributed by atoms with Crippen LogP contribution in [0.15, 0.2) is 23.2 Å². The standard InChI is InChI=1S/C10H12N2O2/c1-14-9-6-7(2-3-8(9)13)10-11-4-5-12-10/h2-3,6,13H,4-5H2,1H3,(H,11,12). The number of aromatic hydroxyl groups is 1. The van der Waals surface area contributed by atoms with E-state index in [-0.39, 0.29) is 5.75 Å². The van der Waals surface area contributed by atoms with Crippen molar-refractivity contribution in [1.29, 1.82) is 0 Å². The van der Waals surface area contributed by atoms with Crippen LogP contribution in [-0.2, 0) is 0 Å². The maximum atomic E-state index is 9.39. The summed E-state index contributed by atoms with van der Waals surface area (Å²) in [6.45, 7) is 1.68. The summed E-state index contributed by atoms with van der Waals surface area (Å²) in [6, 6.07) is 5.19. The first kappa shape index (κ1) is 8.87. The molecule has 2 rings (SSSR count). The number of ether oxygens (including phenoxy) is 1. The van der Waals surface area contributed by atoms with Gasteiger partial charge in [0.25, 0.3) is 0 Å². The van der Waals surface area contributed by atoms with Crippen molar-refractivity contribution >= 4 is 5.84 Å². The molecular formula is C10H12N2O2. The van der Waals surface area contributed by atoms with Gasteiger partial charge in [-0.3, -0.25) is 4.99 Å². The Morgan fingerprint density at radius 1 is 1.50 bits per heavy atom. The molecule has 0 unspecified atom stereocenters. The van der Waals surface area contributed by atoms with Gasteiger partial charge in [-0.15, -0.1) is 0 Å². The highest BCUT2D eigenvalue weighted by atomic mass is 16.5. The van der Waals surface area contributed by atoms with E-state index >= 15 is 0 Å². The van der Waals surface area contributed by atoms with E-state index in [1.54, 1.807) is 12.1 Å². The summed E-state index contributed by atoms with van der Waals surface area (Å²) in [5.74, 6) is 1.48. The van der Waals surface area contributed by atoms with Crippen molar-refractivity contribution in [3.8, 4) is 11.5 Å². The zero-order valence-electron chi connectivity index (χ0n) is 7.95. The second-order valence-corrected chi connectivity index (χ2v) is 3.04. The highest BCUT2D eigenvalue weighted by Crippen LogP contribution is 2.26. The van der Waals surface area contributed by atoms with Gasteiger partial charge in [-0.2, -0.15) is 0 Å². The fourth-order valence-electron chi connectivity index (χ4n) is 1.42. The Bertz CT molecular complexity index is 374. The lowest BCUT2D eigenvalue weighted by atomic mass is 10.2. The molecule has 1 aliphatic heterocycles. The van der Waals surface area contributed by atoms with Gasteiger partial charge in [0.05, 0.1) is 13.7 Å². The van der Waals surface area contributed by atoms with Crippen LogP contribution in [0.25, 0.3) is 0 Å². The number of phenolic OH excluding ortho intramolecular Hbond substituents is 1. The molecular weight excluding hydrogens is 180 g/mol. The Morgan fingerprint density at radius 2 is 2.36 bits per heavy atom. The molecule has 74 valence electrons. The highest BCUT2D eigenvalue weighted by Gasteiger charge is 2.10. The number of phenols is 1. The van der Waals surface area contributed by atoms with Crippen molar-refractivity contribution in [3.05, 3.63) is 23.8 Å². The lowest BCUT2D eigenvalue weighted by Gasteiger charge is -2.06. The molecule has 0 saturated heterocycles. The average molecular weight is 192 g/mol. The summed E-state index contributed by atoms with van der Waals surface area (Å²) in [5.41, 5.74) is 0.942. The number of nitrogens with one attached hydrogen (secondary N) is 1. The largest absolute Gasteiger partial charge is 0.504 e. The molecule has 14 heavy (non-hydrogen) atoms. The number of aliphatic imine (C=N–C) groups is 1. The summed E-state index contributed by atoms with van der Waals surface area (Å²) in [7, 11) is 1.53.